The average Bonchev–Trinajstić information content (AvgIpc) is 2.51. The summed E-state index contributed by atoms with van der Waals surface area (Å²) in [7, 11) is 3.45. The molecule has 0 radical (unpaired) electrons. The minimum atomic E-state index is -0.263. The molecule has 2 rings (SSSR count). The van der Waals surface area contributed by atoms with Crippen LogP contribution in [0.5, 0.6) is 0 Å². The summed E-state index contributed by atoms with van der Waals surface area (Å²) in [5.74, 6) is -0.263. The van der Waals surface area contributed by atoms with E-state index >= 15 is 0 Å². The fourth-order valence-electron chi connectivity index (χ4n) is 3.08. The topological polar surface area (TPSA) is 38.8 Å². The van der Waals surface area contributed by atoms with Crippen molar-refractivity contribution in [3.8, 4) is 0 Å². The van der Waals surface area contributed by atoms with Crippen LogP contribution in [0.25, 0.3) is 0 Å². The number of carbonyl (C=O) groups excluding carboxylic acids is 1. The van der Waals surface area contributed by atoms with E-state index in [1.165, 1.54) is 7.11 Å². The number of hydrogen-bond acceptors (Lipinski definition) is 4. The first-order valence-electron chi connectivity index (χ1n) is 7.62. The molecule has 1 aliphatic rings. The van der Waals surface area contributed by atoms with Crippen molar-refractivity contribution < 1.29 is 14.3 Å². The molecule has 0 saturated carbocycles. The van der Waals surface area contributed by atoms with Crippen LogP contribution in [0.1, 0.15) is 35.7 Å². The summed E-state index contributed by atoms with van der Waals surface area (Å²) in [6, 6.07) is 4.55. The van der Waals surface area contributed by atoms with Gasteiger partial charge in [0.25, 0.3) is 0 Å². The second kappa shape index (κ2) is 6.99. The van der Waals surface area contributed by atoms with Gasteiger partial charge in [-0.3, -0.25) is 0 Å². The van der Waals surface area contributed by atoms with E-state index in [1.54, 1.807) is 0 Å². The number of anilines is 1. The molecule has 0 bridgehead atoms. The predicted octanol–water partition coefficient (Wildman–Crippen LogP) is 1.05. The fourth-order valence-corrected chi connectivity index (χ4v) is 3.08. The van der Waals surface area contributed by atoms with Crippen LogP contribution in [0.15, 0.2) is 12.1 Å². The average molecular weight is 289 g/mol. The lowest BCUT2D eigenvalue weighted by Crippen LogP contribution is -2.40. The maximum atomic E-state index is 12.0. The van der Waals surface area contributed by atoms with Crippen LogP contribution in [-0.4, -0.2) is 46.7 Å². The van der Waals surface area contributed by atoms with E-state index < -0.39 is 0 Å². The third kappa shape index (κ3) is 3.40. The van der Waals surface area contributed by atoms with Crippen LogP contribution in [0, 0.1) is 6.92 Å². The molecule has 4 nitrogen and oxygen atoms in total. The Balaban J connectivity index is 2.40. The largest absolute Gasteiger partial charge is 0.465 e. The molecule has 0 aromatic heterocycles. The van der Waals surface area contributed by atoms with Crippen molar-refractivity contribution in [2.45, 2.75) is 32.7 Å². The second-order valence-corrected chi connectivity index (χ2v) is 5.58. The summed E-state index contributed by atoms with van der Waals surface area (Å²) in [5.41, 5.74) is 3.89. The Bertz CT molecular complexity index is 512. The quantitative estimate of drug-likeness (QED) is 0.613. The molecular formula is C16H24BNO3. The zero-order chi connectivity index (χ0) is 15.4. The van der Waals surface area contributed by atoms with Gasteiger partial charge in [0.2, 0.25) is 0 Å². The van der Waals surface area contributed by atoms with Gasteiger partial charge in [-0.05, 0) is 38.3 Å². The lowest BCUT2D eigenvalue weighted by molar-refractivity contribution is 0.0600. The van der Waals surface area contributed by atoms with E-state index in [0.29, 0.717) is 11.6 Å². The number of carbonyl (C=O) groups is 1. The third-order valence-corrected chi connectivity index (χ3v) is 4.21. The normalized spacial score (nSPS) is 15.8. The highest BCUT2D eigenvalue weighted by molar-refractivity contribution is 6.33. The maximum absolute atomic E-state index is 12.0. The van der Waals surface area contributed by atoms with Gasteiger partial charge in [0, 0.05) is 31.5 Å². The highest BCUT2D eigenvalue weighted by atomic mass is 16.5. The Hall–Kier alpha value is -1.49. The Kier molecular flexibility index (Phi) is 5.29. The summed E-state index contributed by atoms with van der Waals surface area (Å²) in [6.07, 6.45) is 2.07. The van der Waals surface area contributed by atoms with E-state index in [4.69, 9.17) is 9.47 Å². The molecule has 1 aromatic rings. The van der Waals surface area contributed by atoms with Gasteiger partial charge in [0.15, 0.2) is 0 Å². The molecule has 1 heterocycles. The number of nitrogens with zero attached hydrogens (tertiary/aromatic N) is 1. The number of methoxy groups -OCH3 is 1. The van der Waals surface area contributed by atoms with Crippen LogP contribution in [0.2, 0.25) is 0 Å². The van der Waals surface area contributed by atoms with Gasteiger partial charge in [-0.25, -0.2) is 4.79 Å². The van der Waals surface area contributed by atoms with Gasteiger partial charge in [-0.2, -0.15) is 0 Å². The van der Waals surface area contributed by atoms with Crippen molar-refractivity contribution >= 4 is 25.0 Å². The van der Waals surface area contributed by atoms with Gasteiger partial charge in [-0.15, -0.1) is 0 Å². The van der Waals surface area contributed by atoms with Gasteiger partial charge in [-0.1, -0.05) is 11.5 Å². The monoisotopic (exact) mass is 289 g/mol. The number of benzene rings is 1. The van der Waals surface area contributed by atoms with Gasteiger partial charge < -0.3 is 14.4 Å². The van der Waals surface area contributed by atoms with Gasteiger partial charge >= 0.3 is 5.97 Å². The van der Waals surface area contributed by atoms with Crippen LogP contribution in [0.3, 0.4) is 0 Å². The number of rotatable bonds is 4. The molecule has 5 heteroatoms. The van der Waals surface area contributed by atoms with Gasteiger partial charge in [0.05, 0.1) is 12.7 Å². The molecule has 1 aliphatic heterocycles. The molecule has 0 N–H and O–H groups in total. The molecule has 0 spiro atoms. The van der Waals surface area contributed by atoms with E-state index in [0.717, 1.165) is 49.3 Å². The SMILES string of the molecule is Bc1cc(C(=O)OC)c(C)c(N(CC)C2CCOCC2)c1. The smallest absolute Gasteiger partial charge is 0.338 e. The molecule has 0 aliphatic carbocycles. The maximum Gasteiger partial charge on any atom is 0.338 e. The molecule has 114 valence electrons. The zero-order valence-electron chi connectivity index (χ0n) is 13.4. The zero-order valence-corrected chi connectivity index (χ0v) is 13.4. The van der Waals surface area contributed by atoms with Crippen LogP contribution in [-0.2, 0) is 9.47 Å². The molecule has 1 saturated heterocycles. The van der Waals surface area contributed by atoms with Crippen LogP contribution >= 0.6 is 0 Å². The molecule has 1 aromatic carbocycles. The Morgan fingerprint density at radius 2 is 2.10 bits per heavy atom. The Morgan fingerprint density at radius 1 is 1.43 bits per heavy atom. The van der Waals surface area contributed by atoms with Crippen LogP contribution in [0.4, 0.5) is 5.69 Å². The first-order valence-corrected chi connectivity index (χ1v) is 7.62. The van der Waals surface area contributed by atoms with Gasteiger partial charge in [0.1, 0.15) is 7.85 Å². The summed E-state index contributed by atoms with van der Waals surface area (Å²) in [6.45, 7) is 6.72. The van der Waals surface area contributed by atoms with Crippen molar-refractivity contribution in [1.82, 2.24) is 0 Å². The predicted molar refractivity (Wildman–Crippen MR) is 87.6 cm³/mol. The molecule has 0 unspecified atom stereocenters. The summed E-state index contributed by atoms with van der Waals surface area (Å²) in [4.78, 5) is 14.4. The highest BCUT2D eigenvalue weighted by Crippen LogP contribution is 2.27. The number of hydrogen-bond donors (Lipinski definition) is 0. The fraction of sp³-hybridized carbons (Fsp3) is 0.562. The summed E-state index contributed by atoms with van der Waals surface area (Å²) < 4.78 is 10.4. The van der Waals surface area contributed by atoms with Crippen LogP contribution < -0.4 is 10.4 Å². The minimum Gasteiger partial charge on any atom is -0.465 e. The number of ether oxygens (including phenoxy) is 2. The highest BCUT2D eigenvalue weighted by Gasteiger charge is 2.24. The molecule has 0 amide bonds. The summed E-state index contributed by atoms with van der Waals surface area (Å²) >= 11 is 0. The first kappa shape index (κ1) is 15.9. The second-order valence-electron chi connectivity index (χ2n) is 5.58. The lowest BCUT2D eigenvalue weighted by Gasteiger charge is -2.36. The molecule has 1 fully saturated rings. The first-order chi connectivity index (χ1) is 10.1. The third-order valence-electron chi connectivity index (χ3n) is 4.21. The summed E-state index contributed by atoms with van der Waals surface area (Å²) in [5, 5.41) is 0. The van der Waals surface area contributed by atoms with Crippen molar-refractivity contribution in [1.29, 1.82) is 0 Å². The van der Waals surface area contributed by atoms with Crippen molar-refractivity contribution in [3.63, 3.8) is 0 Å². The standard InChI is InChI=1S/C16H24BNO3/c1-4-18(13-5-7-21-8-6-13)15-10-12(17)9-14(11(15)2)16(19)20-3/h9-10,13H,4-8,17H2,1-3H3. The minimum absolute atomic E-state index is 0.263. The van der Waals surface area contributed by atoms with Crippen molar-refractivity contribution in [2.75, 3.05) is 31.8 Å². The van der Waals surface area contributed by atoms with E-state index in [2.05, 4.69) is 17.9 Å². The Morgan fingerprint density at radius 3 is 2.67 bits per heavy atom. The lowest BCUT2D eigenvalue weighted by atomic mass is 9.90. The molecular weight excluding hydrogens is 265 g/mol. The number of esters is 1. The van der Waals surface area contributed by atoms with Crippen molar-refractivity contribution in [2.24, 2.45) is 0 Å². The Labute approximate surface area is 127 Å². The van der Waals surface area contributed by atoms with E-state index in [9.17, 15) is 4.79 Å². The molecule has 21 heavy (non-hydrogen) atoms. The van der Waals surface area contributed by atoms with E-state index in [1.807, 2.05) is 20.8 Å². The van der Waals surface area contributed by atoms with E-state index in [-0.39, 0.29) is 5.97 Å². The molecule has 0 atom stereocenters. The van der Waals surface area contributed by atoms with Crippen molar-refractivity contribution in [3.05, 3.63) is 23.3 Å².